The van der Waals surface area contributed by atoms with Crippen LogP contribution in [0.1, 0.15) is 16.7 Å². The number of carbonyl (C=O) groups excluding carboxylic acids is 3. The van der Waals surface area contributed by atoms with Crippen LogP contribution in [0.5, 0.6) is 0 Å². The molecule has 0 spiro atoms. The Bertz CT molecular complexity index is 914. The quantitative estimate of drug-likeness (QED) is 0.587. The van der Waals surface area contributed by atoms with Gasteiger partial charge in [-0.1, -0.05) is 42.5 Å². The lowest BCUT2D eigenvalue weighted by atomic mass is 10.1. The maximum atomic E-state index is 12.6. The predicted molar refractivity (Wildman–Crippen MR) is 96.1 cm³/mol. The molecule has 0 aliphatic carbocycles. The molecule has 1 aliphatic heterocycles. The summed E-state index contributed by atoms with van der Waals surface area (Å²) < 4.78 is 37.9. The number of rotatable bonds is 6. The summed E-state index contributed by atoms with van der Waals surface area (Å²) in [5, 5.41) is 0. The Morgan fingerprint density at radius 3 is 2.00 bits per heavy atom. The van der Waals surface area contributed by atoms with E-state index in [0.717, 1.165) is 21.9 Å². The van der Waals surface area contributed by atoms with Crippen LogP contribution in [-0.4, -0.2) is 41.4 Å². The second kappa shape index (κ2) is 8.04. The fourth-order valence-electron chi connectivity index (χ4n) is 3.08. The Balaban J connectivity index is 1.64. The summed E-state index contributed by atoms with van der Waals surface area (Å²) in [6, 6.07) is 12.8. The van der Waals surface area contributed by atoms with Crippen molar-refractivity contribution < 1.29 is 32.5 Å². The predicted octanol–water partition coefficient (Wildman–Crippen LogP) is 1.67. The van der Waals surface area contributed by atoms with Gasteiger partial charge in [0.05, 0.1) is 19.2 Å². The molecule has 1 heterocycles. The zero-order valence-electron chi connectivity index (χ0n) is 15.6. The molecular weight excluding hydrogens is 387 g/mol. The number of hydrogen-bond donors (Lipinski definition) is 1. The number of hydrogen-bond acceptors (Lipinski definition) is 3. The molecule has 2 aromatic rings. The van der Waals surface area contributed by atoms with E-state index in [1.54, 1.807) is 37.4 Å². The SMILES string of the molecule is C[NH+](Cc1ccc(C(F)(F)F)cc1)CN1C(=O)C(=O)N(Cc2ccccc2)C1=O. The van der Waals surface area contributed by atoms with Crippen molar-refractivity contribution in [1.82, 2.24) is 9.80 Å². The van der Waals surface area contributed by atoms with Gasteiger partial charge in [-0.05, 0) is 17.7 Å². The van der Waals surface area contributed by atoms with Crippen molar-refractivity contribution in [3.05, 3.63) is 71.3 Å². The van der Waals surface area contributed by atoms with Crippen LogP contribution >= 0.6 is 0 Å². The van der Waals surface area contributed by atoms with E-state index in [1.807, 2.05) is 0 Å². The molecule has 0 saturated carbocycles. The minimum absolute atomic E-state index is 0.00129. The molecule has 152 valence electrons. The molecule has 1 saturated heterocycles. The summed E-state index contributed by atoms with van der Waals surface area (Å²) in [5.41, 5.74) is 0.585. The zero-order chi connectivity index (χ0) is 21.2. The average molecular weight is 406 g/mol. The standard InChI is InChI=1S/C20H18F3N3O3/c1-24(11-15-7-9-16(10-8-15)20(21,22)23)13-26-18(28)17(27)25(19(26)29)12-14-5-3-2-4-6-14/h2-10H,11-13H2,1H3/p+1. The first-order chi connectivity index (χ1) is 13.7. The van der Waals surface area contributed by atoms with Crippen LogP contribution in [0.15, 0.2) is 54.6 Å². The van der Waals surface area contributed by atoms with Gasteiger partial charge in [-0.3, -0.25) is 14.5 Å². The van der Waals surface area contributed by atoms with Gasteiger partial charge >= 0.3 is 24.0 Å². The van der Waals surface area contributed by atoms with Gasteiger partial charge in [0, 0.05) is 5.56 Å². The molecule has 0 radical (unpaired) electrons. The Morgan fingerprint density at radius 1 is 0.828 bits per heavy atom. The highest BCUT2D eigenvalue weighted by Gasteiger charge is 2.45. The molecule has 1 fully saturated rings. The second-order valence-corrected chi connectivity index (χ2v) is 6.88. The molecule has 2 aromatic carbocycles. The maximum absolute atomic E-state index is 12.6. The molecule has 0 bridgehead atoms. The van der Waals surface area contributed by atoms with Crippen LogP contribution in [0.25, 0.3) is 0 Å². The van der Waals surface area contributed by atoms with Gasteiger partial charge in [-0.15, -0.1) is 0 Å². The monoisotopic (exact) mass is 406 g/mol. The van der Waals surface area contributed by atoms with Crippen molar-refractivity contribution in [2.45, 2.75) is 19.3 Å². The van der Waals surface area contributed by atoms with Crippen molar-refractivity contribution in [1.29, 1.82) is 0 Å². The smallest absolute Gasteiger partial charge is 0.316 e. The van der Waals surface area contributed by atoms with E-state index in [1.165, 1.54) is 12.1 Å². The number of amides is 4. The van der Waals surface area contributed by atoms with Crippen molar-refractivity contribution in [2.24, 2.45) is 0 Å². The minimum atomic E-state index is -4.41. The highest BCUT2D eigenvalue weighted by Crippen LogP contribution is 2.29. The van der Waals surface area contributed by atoms with Crippen LogP contribution in [0.4, 0.5) is 18.0 Å². The average Bonchev–Trinajstić information content (AvgIpc) is 2.87. The van der Waals surface area contributed by atoms with Gasteiger partial charge in [-0.25, -0.2) is 9.69 Å². The molecule has 1 unspecified atom stereocenters. The molecule has 1 atom stereocenters. The first-order valence-corrected chi connectivity index (χ1v) is 8.85. The fourth-order valence-corrected chi connectivity index (χ4v) is 3.08. The van der Waals surface area contributed by atoms with Crippen LogP contribution in [-0.2, 0) is 28.9 Å². The molecule has 6 nitrogen and oxygen atoms in total. The maximum Gasteiger partial charge on any atom is 0.416 e. The first kappa shape index (κ1) is 20.5. The molecule has 3 rings (SSSR count). The molecule has 29 heavy (non-hydrogen) atoms. The van der Waals surface area contributed by atoms with E-state index in [0.29, 0.717) is 16.0 Å². The lowest BCUT2D eigenvalue weighted by molar-refractivity contribution is -0.901. The van der Waals surface area contributed by atoms with E-state index >= 15 is 0 Å². The fraction of sp³-hybridized carbons (Fsp3) is 0.250. The Labute approximate surface area is 165 Å². The van der Waals surface area contributed by atoms with E-state index in [2.05, 4.69) is 0 Å². The topological polar surface area (TPSA) is 62.1 Å². The number of benzene rings is 2. The number of urea groups is 1. The summed E-state index contributed by atoms with van der Waals surface area (Å²) in [6.45, 7) is 0.205. The molecule has 4 amide bonds. The number of nitrogens with one attached hydrogen (secondary N) is 1. The number of halogens is 3. The molecule has 1 aliphatic rings. The minimum Gasteiger partial charge on any atom is -0.316 e. The Kier molecular flexibility index (Phi) is 5.69. The van der Waals surface area contributed by atoms with Crippen LogP contribution in [0.2, 0.25) is 0 Å². The molecule has 0 aromatic heterocycles. The van der Waals surface area contributed by atoms with Gasteiger partial charge in [-0.2, -0.15) is 13.2 Å². The van der Waals surface area contributed by atoms with E-state index in [-0.39, 0.29) is 19.8 Å². The highest BCUT2D eigenvalue weighted by molar-refractivity contribution is 6.44. The van der Waals surface area contributed by atoms with E-state index in [4.69, 9.17) is 0 Å². The van der Waals surface area contributed by atoms with Crippen LogP contribution in [0, 0.1) is 0 Å². The number of carbonyl (C=O) groups is 3. The van der Waals surface area contributed by atoms with Crippen LogP contribution in [0.3, 0.4) is 0 Å². The first-order valence-electron chi connectivity index (χ1n) is 8.85. The van der Waals surface area contributed by atoms with E-state index in [9.17, 15) is 27.6 Å². The third kappa shape index (κ3) is 4.62. The van der Waals surface area contributed by atoms with Gasteiger partial charge < -0.3 is 4.90 Å². The Morgan fingerprint density at radius 2 is 1.41 bits per heavy atom. The summed E-state index contributed by atoms with van der Waals surface area (Å²) in [5.74, 6) is -1.79. The number of nitrogens with zero attached hydrogens (tertiary/aromatic N) is 2. The summed E-state index contributed by atoms with van der Waals surface area (Å²) in [4.78, 5) is 39.4. The van der Waals surface area contributed by atoms with Gasteiger partial charge in [0.1, 0.15) is 6.54 Å². The number of imide groups is 2. The zero-order valence-corrected chi connectivity index (χ0v) is 15.6. The normalized spacial score (nSPS) is 15.9. The number of alkyl halides is 3. The number of quaternary nitrogens is 1. The summed E-state index contributed by atoms with van der Waals surface area (Å²) in [7, 11) is 1.68. The lowest BCUT2D eigenvalue weighted by Gasteiger charge is -2.20. The van der Waals surface area contributed by atoms with Crippen molar-refractivity contribution in [3.8, 4) is 0 Å². The third-order valence-electron chi connectivity index (χ3n) is 4.53. The molecule has 1 N–H and O–H groups in total. The largest absolute Gasteiger partial charge is 0.416 e. The lowest BCUT2D eigenvalue weighted by Crippen LogP contribution is -3.09. The molecular formula is C20H19F3N3O3+. The highest BCUT2D eigenvalue weighted by atomic mass is 19.4. The van der Waals surface area contributed by atoms with Gasteiger partial charge in [0.25, 0.3) is 0 Å². The second-order valence-electron chi connectivity index (χ2n) is 6.88. The Hall–Kier alpha value is -3.20. The molecule has 9 heteroatoms. The van der Waals surface area contributed by atoms with Crippen molar-refractivity contribution in [2.75, 3.05) is 13.7 Å². The van der Waals surface area contributed by atoms with Crippen molar-refractivity contribution in [3.63, 3.8) is 0 Å². The van der Waals surface area contributed by atoms with Gasteiger partial charge in [0.15, 0.2) is 6.67 Å². The van der Waals surface area contributed by atoms with Crippen LogP contribution < -0.4 is 4.90 Å². The van der Waals surface area contributed by atoms with Gasteiger partial charge in [0.2, 0.25) is 0 Å². The summed E-state index contributed by atoms with van der Waals surface area (Å²) >= 11 is 0. The summed E-state index contributed by atoms with van der Waals surface area (Å²) in [6.07, 6.45) is -4.41. The third-order valence-corrected chi connectivity index (χ3v) is 4.53. The van der Waals surface area contributed by atoms with E-state index < -0.39 is 29.6 Å². The van der Waals surface area contributed by atoms with Crippen molar-refractivity contribution >= 4 is 17.8 Å².